The largest absolute Gasteiger partial charge is 0.383 e. The van der Waals surface area contributed by atoms with Crippen LogP contribution < -0.4 is 4.72 Å². The monoisotopic (exact) mass is 312 g/mol. The van der Waals surface area contributed by atoms with Gasteiger partial charge in [-0.2, -0.15) is 0 Å². The van der Waals surface area contributed by atoms with Crippen molar-refractivity contribution in [3.63, 3.8) is 0 Å². The molecule has 0 aliphatic carbocycles. The quantitative estimate of drug-likeness (QED) is 0.825. The van der Waals surface area contributed by atoms with Crippen LogP contribution in [0, 0.1) is 5.92 Å². The minimum absolute atomic E-state index is 0.336. The molecule has 1 aliphatic rings. The van der Waals surface area contributed by atoms with Gasteiger partial charge in [0.1, 0.15) is 0 Å². The Morgan fingerprint density at radius 1 is 1.24 bits per heavy atom. The van der Waals surface area contributed by atoms with Gasteiger partial charge in [0.15, 0.2) is 0 Å². The molecule has 1 aromatic carbocycles. The van der Waals surface area contributed by atoms with Crippen LogP contribution >= 0.6 is 0 Å². The van der Waals surface area contributed by atoms with Gasteiger partial charge in [-0.25, -0.2) is 13.1 Å². The van der Waals surface area contributed by atoms with E-state index in [4.69, 9.17) is 4.74 Å². The van der Waals surface area contributed by atoms with E-state index in [0.717, 1.165) is 39.1 Å². The molecule has 2 rings (SSSR count). The second kappa shape index (κ2) is 7.89. The van der Waals surface area contributed by atoms with Crippen LogP contribution in [0.2, 0.25) is 0 Å². The summed E-state index contributed by atoms with van der Waals surface area (Å²) in [6.45, 7) is 4.27. The molecule has 0 atom stereocenters. The lowest BCUT2D eigenvalue weighted by Gasteiger charge is -2.31. The number of sulfonamides is 1. The zero-order chi connectivity index (χ0) is 15.1. The fraction of sp³-hybridized carbons (Fsp3) is 0.600. The van der Waals surface area contributed by atoms with Crippen molar-refractivity contribution < 1.29 is 13.2 Å². The van der Waals surface area contributed by atoms with Crippen LogP contribution in [0.25, 0.3) is 0 Å². The van der Waals surface area contributed by atoms with Crippen LogP contribution in [0.4, 0.5) is 0 Å². The minimum atomic E-state index is -3.37. The van der Waals surface area contributed by atoms with Crippen molar-refractivity contribution in [2.24, 2.45) is 5.92 Å². The Hall–Kier alpha value is -0.950. The van der Waals surface area contributed by atoms with E-state index in [9.17, 15) is 8.42 Å². The van der Waals surface area contributed by atoms with Crippen molar-refractivity contribution in [2.45, 2.75) is 17.7 Å². The molecule has 0 aromatic heterocycles. The van der Waals surface area contributed by atoms with Gasteiger partial charge in [-0.3, -0.25) is 0 Å². The van der Waals surface area contributed by atoms with Crippen molar-refractivity contribution in [3.05, 3.63) is 30.3 Å². The van der Waals surface area contributed by atoms with Crippen LogP contribution in [0.3, 0.4) is 0 Å². The zero-order valence-electron chi connectivity index (χ0n) is 12.5. The van der Waals surface area contributed by atoms with Crippen molar-refractivity contribution in [1.82, 2.24) is 9.62 Å². The second-order valence-corrected chi connectivity index (χ2v) is 7.21. The molecule has 1 saturated heterocycles. The lowest BCUT2D eigenvalue weighted by atomic mass is 9.97. The number of likely N-dealkylation sites (tertiary alicyclic amines) is 1. The van der Waals surface area contributed by atoms with E-state index in [-0.39, 0.29) is 0 Å². The number of ether oxygens (including phenoxy) is 1. The molecule has 1 fully saturated rings. The van der Waals surface area contributed by atoms with Crippen LogP contribution in [-0.4, -0.2) is 53.2 Å². The Balaban J connectivity index is 1.77. The van der Waals surface area contributed by atoms with Gasteiger partial charge in [-0.05, 0) is 44.0 Å². The third-order valence-corrected chi connectivity index (χ3v) is 5.37. The van der Waals surface area contributed by atoms with E-state index >= 15 is 0 Å². The molecule has 6 heteroatoms. The first kappa shape index (κ1) is 16.4. The smallest absolute Gasteiger partial charge is 0.240 e. The SMILES string of the molecule is COCCN1CCC(CNS(=O)(=O)c2ccccc2)CC1. The minimum Gasteiger partial charge on any atom is -0.383 e. The molecule has 0 saturated carbocycles. The molecule has 0 bridgehead atoms. The van der Waals surface area contributed by atoms with E-state index < -0.39 is 10.0 Å². The highest BCUT2D eigenvalue weighted by atomic mass is 32.2. The van der Waals surface area contributed by atoms with Crippen LogP contribution in [0.15, 0.2) is 35.2 Å². The van der Waals surface area contributed by atoms with Gasteiger partial charge < -0.3 is 9.64 Å². The highest BCUT2D eigenvalue weighted by Gasteiger charge is 2.21. The number of benzene rings is 1. The fourth-order valence-electron chi connectivity index (χ4n) is 2.55. The predicted octanol–water partition coefficient (Wildman–Crippen LogP) is 1.32. The summed E-state index contributed by atoms with van der Waals surface area (Å²) in [6.07, 6.45) is 2.06. The molecule has 1 heterocycles. The summed E-state index contributed by atoms with van der Waals surface area (Å²) in [4.78, 5) is 2.70. The van der Waals surface area contributed by atoms with Gasteiger partial charge in [0.05, 0.1) is 11.5 Å². The van der Waals surface area contributed by atoms with E-state index in [0.29, 0.717) is 17.4 Å². The molecular weight excluding hydrogens is 288 g/mol. The Morgan fingerprint density at radius 2 is 1.90 bits per heavy atom. The number of methoxy groups -OCH3 is 1. The maximum Gasteiger partial charge on any atom is 0.240 e. The molecule has 0 radical (unpaired) electrons. The summed E-state index contributed by atoms with van der Waals surface area (Å²) in [5.74, 6) is 0.419. The van der Waals surface area contributed by atoms with E-state index in [2.05, 4.69) is 9.62 Å². The molecule has 21 heavy (non-hydrogen) atoms. The van der Waals surface area contributed by atoms with Gasteiger partial charge in [0.25, 0.3) is 0 Å². The summed E-state index contributed by atoms with van der Waals surface area (Å²) in [6, 6.07) is 8.53. The molecule has 0 spiro atoms. The van der Waals surface area contributed by atoms with Gasteiger partial charge in [-0.15, -0.1) is 0 Å². The third-order valence-electron chi connectivity index (χ3n) is 3.93. The molecule has 1 aromatic rings. The van der Waals surface area contributed by atoms with Gasteiger partial charge in [0, 0.05) is 20.2 Å². The highest BCUT2D eigenvalue weighted by molar-refractivity contribution is 7.89. The summed E-state index contributed by atoms with van der Waals surface area (Å²) in [5, 5.41) is 0. The average Bonchev–Trinajstić information content (AvgIpc) is 2.53. The zero-order valence-corrected chi connectivity index (χ0v) is 13.3. The highest BCUT2D eigenvalue weighted by Crippen LogP contribution is 2.17. The number of piperidine rings is 1. The number of hydrogen-bond donors (Lipinski definition) is 1. The number of rotatable bonds is 7. The Morgan fingerprint density at radius 3 is 2.52 bits per heavy atom. The van der Waals surface area contributed by atoms with Crippen LogP contribution in [0.1, 0.15) is 12.8 Å². The van der Waals surface area contributed by atoms with E-state index in [1.165, 1.54) is 0 Å². The maximum atomic E-state index is 12.1. The van der Waals surface area contributed by atoms with E-state index in [1.807, 2.05) is 6.07 Å². The topological polar surface area (TPSA) is 58.6 Å². The van der Waals surface area contributed by atoms with Gasteiger partial charge in [0.2, 0.25) is 10.0 Å². The molecule has 5 nitrogen and oxygen atoms in total. The lowest BCUT2D eigenvalue weighted by Crippen LogP contribution is -2.39. The van der Waals surface area contributed by atoms with Crippen LogP contribution in [0.5, 0.6) is 0 Å². The summed E-state index contributed by atoms with van der Waals surface area (Å²) in [7, 11) is -1.66. The maximum absolute atomic E-state index is 12.1. The number of hydrogen-bond acceptors (Lipinski definition) is 4. The molecule has 118 valence electrons. The fourth-order valence-corrected chi connectivity index (χ4v) is 3.68. The molecule has 1 aliphatic heterocycles. The first-order valence-electron chi connectivity index (χ1n) is 7.38. The van der Waals surface area contributed by atoms with Crippen molar-refractivity contribution in [1.29, 1.82) is 0 Å². The lowest BCUT2D eigenvalue weighted by molar-refractivity contribution is 0.121. The molecular formula is C15H24N2O3S. The molecule has 0 unspecified atom stereocenters. The summed E-state index contributed by atoms with van der Waals surface area (Å²) in [5.41, 5.74) is 0. The Bertz CT molecular complexity index is 511. The Kier molecular flexibility index (Phi) is 6.17. The predicted molar refractivity (Wildman–Crippen MR) is 82.7 cm³/mol. The molecule has 1 N–H and O–H groups in total. The van der Waals surface area contributed by atoms with Crippen LogP contribution in [-0.2, 0) is 14.8 Å². The summed E-state index contributed by atoms with van der Waals surface area (Å²) >= 11 is 0. The number of nitrogens with zero attached hydrogens (tertiary/aromatic N) is 1. The van der Waals surface area contributed by atoms with Crippen molar-refractivity contribution in [3.8, 4) is 0 Å². The normalized spacial score (nSPS) is 18.0. The van der Waals surface area contributed by atoms with E-state index in [1.54, 1.807) is 31.4 Å². The number of nitrogens with one attached hydrogen (secondary N) is 1. The molecule has 0 amide bonds. The average molecular weight is 312 g/mol. The summed E-state index contributed by atoms with van der Waals surface area (Å²) < 4.78 is 32.1. The van der Waals surface area contributed by atoms with Gasteiger partial charge >= 0.3 is 0 Å². The van der Waals surface area contributed by atoms with Gasteiger partial charge in [-0.1, -0.05) is 18.2 Å². The van der Waals surface area contributed by atoms with Crippen molar-refractivity contribution >= 4 is 10.0 Å². The van der Waals surface area contributed by atoms with Crippen molar-refractivity contribution in [2.75, 3.05) is 39.9 Å². The first-order chi connectivity index (χ1) is 10.1. The Labute approximate surface area is 127 Å². The first-order valence-corrected chi connectivity index (χ1v) is 8.86. The standard InChI is InChI=1S/C15H24N2O3S/c1-20-12-11-17-9-7-14(8-10-17)13-16-21(18,19)15-5-3-2-4-6-15/h2-6,14,16H,7-13H2,1H3. The third kappa shape index (κ3) is 5.07. The second-order valence-electron chi connectivity index (χ2n) is 5.44.